The van der Waals surface area contributed by atoms with Crippen LogP contribution in [-0.4, -0.2) is 22.1 Å². The van der Waals surface area contributed by atoms with Gasteiger partial charge in [-0.25, -0.2) is 5.43 Å². The lowest BCUT2D eigenvalue weighted by Crippen LogP contribution is -2.36. The van der Waals surface area contributed by atoms with Gasteiger partial charge in [0.05, 0.1) is 0 Å². The fourth-order valence-electron chi connectivity index (χ4n) is 1.59. The van der Waals surface area contributed by atoms with E-state index in [0.29, 0.717) is 25.1 Å². The largest absolute Gasteiger partial charge is 0.357 e. The molecule has 0 bridgehead atoms. The number of carbonyl (C=O) groups is 2. The second-order valence-corrected chi connectivity index (χ2v) is 3.96. The van der Waals surface area contributed by atoms with Crippen LogP contribution in [0.3, 0.4) is 0 Å². The van der Waals surface area contributed by atoms with Crippen molar-refractivity contribution in [1.29, 1.82) is 0 Å². The van der Waals surface area contributed by atoms with Crippen LogP contribution in [0.2, 0.25) is 0 Å². The first-order chi connectivity index (χ1) is 8.15. The Morgan fingerprint density at radius 1 is 1.59 bits per heavy atom. The van der Waals surface area contributed by atoms with Crippen molar-refractivity contribution in [2.75, 3.05) is 0 Å². The molecule has 0 aliphatic carbocycles. The first kappa shape index (κ1) is 11.4. The van der Waals surface area contributed by atoms with Crippen molar-refractivity contribution >= 4 is 17.5 Å². The third-order valence-electron chi connectivity index (χ3n) is 2.51. The Kier molecular flexibility index (Phi) is 3.22. The van der Waals surface area contributed by atoms with Gasteiger partial charge < -0.3 is 9.88 Å². The van der Waals surface area contributed by atoms with Gasteiger partial charge in [-0.2, -0.15) is 5.10 Å². The van der Waals surface area contributed by atoms with Gasteiger partial charge in [0.2, 0.25) is 5.91 Å². The van der Waals surface area contributed by atoms with Crippen LogP contribution in [0, 0.1) is 0 Å². The molecule has 6 heteroatoms. The Labute approximate surface area is 98.7 Å². The highest BCUT2D eigenvalue weighted by Gasteiger charge is 2.17. The normalized spacial score (nSPS) is 15.1. The summed E-state index contributed by atoms with van der Waals surface area (Å²) in [5.74, 6) is -0.376. The van der Waals surface area contributed by atoms with E-state index >= 15 is 0 Å². The highest BCUT2D eigenvalue weighted by atomic mass is 16.2. The monoisotopic (exact) mass is 234 g/mol. The molecular formula is C11H14N4O2. The van der Waals surface area contributed by atoms with Crippen LogP contribution in [0.4, 0.5) is 0 Å². The van der Waals surface area contributed by atoms with Gasteiger partial charge in [0.15, 0.2) is 0 Å². The molecule has 0 atom stereocenters. The Hall–Kier alpha value is -2.11. The predicted octanol–water partition coefficient (Wildman–Crippen LogP) is -0.0927. The fraction of sp³-hybridized carbons (Fsp3) is 0.364. The number of aryl methyl sites for hydroxylation is 1. The molecule has 2 amide bonds. The molecule has 0 spiro atoms. The van der Waals surface area contributed by atoms with Crippen molar-refractivity contribution < 1.29 is 9.59 Å². The molecule has 1 aromatic rings. The predicted molar refractivity (Wildman–Crippen MR) is 62.1 cm³/mol. The Morgan fingerprint density at radius 2 is 2.41 bits per heavy atom. The molecule has 6 nitrogen and oxygen atoms in total. The van der Waals surface area contributed by atoms with E-state index < -0.39 is 0 Å². The van der Waals surface area contributed by atoms with Crippen molar-refractivity contribution in [3.8, 4) is 0 Å². The molecule has 0 fully saturated rings. The lowest BCUT2D eigenvalue weighted by atomic mass is 10.1. The standard InChI is InChI=1S/C11H14N4O2/c1-15-5-4-8(7-15)6-12-11(17)9-2-3-10(16)14-13-9/h4-5,7H,2-3,6H2,1H3,(H,12,17)(H,14,16). The van der Waals surface area contributed by atoms with Crippen molar-refractivity contribution in [3.05, 3.63) is 24.0 Å². The number of hydrogen-bond donors (Lipinski definition) is 2. The SMILES string of the molecule is Cn1ccc(CNC(=O)C2=NNC(=O)CC2)c1. The number of aromatic nitrogens is 1. The maximum absolute atomic E-state index is 11.7. The van der Waals surface area contributed by atoms with E-state index in [9.17, 15) is 9.59 Å². The van der Waals surface area contributed by atoms with E-state index in [1.807, 2.05) is 30.1 Å². The summed E-state index contributed by atoms with van der Waals surface area (Å²) in [6, 6.07) is 1.94. The van der Waals surface area contributed by atoms with Crippen molar-refractivity contribution in [2.45, 2.75) is 19.4 Å². The van der Waals surface area contributed by atoms with E-state index in [1.54, 1.807) is 0 Å². The third kappa shape index (κ3) is 2.93. The third-order valence-corrected chi connectivity index (χ3v) is 2.51. The number of hydrazone groups is 1. The van der Waals surface area contributed by atoms with Crippen LogP contribution in [0.25, 0.3) is 0 Å². The van der Waals surface area contributed by atoms with Crippen LogP contribution in [0.5, 0.6) is 0 Å². The van der Waals surface area contributed by atoms with Crippen LogP contribution >= 0.6 is 0 Å². The lowest BCUT2D eigenvalue weighted by Gasteiger charge is -2.11. The van der Waals surface area contributed by atoms with E-state index in [-0.39, 0.29) is 11.8 Å². The minimum absolute atomic E-state index is 0.149. The minimum Gasteiger partial charge on any atom is -0.357 e. The minimum atomic E-state index is -0.228. The topological polar surface area (TPSA) is 75.5 Å². The van der Waals surface area contributed by atoms with Gasteiger partial charge >= 0.3 is 0 Å². The number of rotatable bonds is 3. The lowest BCUT2D eigenvalue weighted by molar-refractivity contribution is -0.121. The molecule has 0 saturated heterocycles. The average molecular weight is 234 g/mol. The maximum atomic E-state index is 11.7. The zero-order valence-corrected chi connectivity index (χ0v) is 9.56. The number of nitrogens with zero attached hydrogens (tertiary/aromatic N) is 2. The Morgan fingerprint density at radius 3 is 3.00 bits per heavy atom. The molecule has 0 radical (unpaired) electrons. The zero-order chi connectivity index (χ0) is 12.3. The second-order valence-electron chi connectivity index (χ2n) is 3.96. The quantitative estimate of drug-likeness (QED) is 0.766. The highest BCUT2D eigenvalue weighted by Crippen LogP contribution is 2.01. The molecule has 1 aromatic heterocycles. The molecule has 1 aliphatic heterocycles. The molecule has 17 heavy (non-hydrogen) atoms. The summed E-state index contributed by atoms with van der Waals surface area (Å²) in [7, 11) is 1.92. The zero-order valence-electron chi connectivity index (χ0n) is 9.56. The van der Waals surface area contributed by atoms with Gasteiger partial charge in [0.25, 0.3) is 5.91 Å². The summed E-state index contributed by atoms with van der Waals surface area (Å²) in [4.78, 5) is 22.5. The molecule has 0 unspecified atom stereocenters. The van der Waals surface area contributed by atoms with E-state index in [0.717, 1.165) is 5.56 Å². The second kappa shape index (κ2) is 4.82. The summed E-state index contributed by atoms with van der Waals surface area (Å²) in [5, 5.41) is 6.49. The number of carbonyl (C=O) groups excluding carboxylic acids is 2. The van der Waals surface area contributed by atoms with Gasteiger partial charge in [-0.05, 0) is 11.6 Å². The summed E-state index contributed by atoms with van der Waals surface area (Å²) in [6.07, 6.45) is 4.56. The molecular weight excluding hydrogens is 220 g/mol. The first-order valence-corrected chi connectivity index (χ1v) is 5.39. The van der Waals surface area contributed by atoms with Crippen LogP contribution in [-0.2, 0) is 23.2 Å². The number of amides is 2. The van der Waals surface area contributed by atoms with Gasteiger partial charge in [0, 0.05) is 38.8 Å². The van der Waals surface area contributed by atoms with E-state index in [4.69, 9.17) is 0 Å². The van der Waals surface area contributed by atoms with Crippen molar-refractivity contribution in [1.82, 2.24) is 15.3 Å². The maximum Gasteiger partial charge on any atom is 0.267 e. The molecule has 2 rings (SSSR count). The van der Waals surface area contributed by atoms with Gasteiger partial charge in [-0.3, -0.25) is 9.59 Å². The van der Waals surface area contributed by atoms with Crippen LogP contribution in [0.15, 0.2) is 23.6 Å². The first-order valence-electron chi connectivity index (χ1n) is 5.39. The van der Waals surface area contributed by atoms with Crippen LogP contribution < -0.4 is 10.7 Å². The molecule has 1 aliphatic rings. The van der Waals surface area contributed by atoms with Crippen molar-refractivity contribution in [3.63, 3.8) is 0 Å². The average Bonchev–Trinajstić information content (AvgIpc) is 2.73. The number of nitrogens with one attached hydrogen (secondary N) is 2. The summed E-state index contributed by atoms with van der Waals surface area (Å²) in [6.45, 7) is 0.465. The molecule has 0 aromatic carbocycles. The van der Waals surface area contributed by atoms with Gasteiger partial charge in [-0.1, -0.05) is 0 Å². The van der Waals surface area contributed by atoms with E-state index in [1.165, 1.54) is 0 Å². The van der Waals surface area contributed by atoms with Crippen molar-refractivity contribution in [2.24, 2.45) is 12.1 Å². The summed E-state index contributed by atoms with van der Waals surface area (Å²) >= 11 is 0. The summed E-state index contributed by atoms with van der Waals surface area (Å²) in [5.41, 5.74) is 3.70. The summed E-state index contributed by atoms with van der Waals surface area (Å²) < 4.78 is 1.92. The van der Waals surface area contributed by atoms with Crippen LogP contribution in [0.1, 0.15) is 18.4 Å². The fourth-order valence-corrected chi connectivity index (χ4v) is 1.59. The van der Waals surface area contributed by atoms with Gasteiger partial charge in [-0.15, -0.1) is 0 Å². The molecule has 2 N–H and O–H groups in total. The molecule has 2 heterocycles. The number of hydrogen-bond acceptors (Lipinski definition) is 3. The Balaban J connectivity index is 1.87. The highest BCUT2D eigenvalue weighted by molar-refractivity contribution is 6.39. The smallest absolute Gasteiger partial charge is 0.267 e. The van der Waals surface area contributed by atoms with Gasteiger partial charge in [0.1, 0.15) is 5.71 Å². The molecule has 90 valence electrons. The Bertz CT molecular complexity index is 476. The van der Waals surface area contributed by atoms with E-state index in [2.05, 4.69) is 15.8 Å². The molecule has 0 saturated carbocycles.